The summed E-state index contributed by atoms with van der Waals surface area (Å²) in [5.74, 6) is 0.241. The molecule has 0 heterocycles. The number of ether oxygens (including phenoxy) is 2. The standard InChI is InChI=1S/C14H19NO4/c1-18-12-7-2-4-9(8-11(15)14(16)17)13(12)19-10-5-3-6-10/h2,4,7,10-11H,3,5-6,8,15H2,1H3,(H,16,17). The largest absolute Gasteiger partial charge is 0.493 e. The Morgan fingerprint density at radius 3 is 2.79 bits per heavy atom. The Kier molecular flexibility index (Phi) is 4.27. The van der Waals surface area contributed by atoms with Crippen LogP contribution in [0.15, 0.2) is 18.2 Å². The lowest BCUT2D eigenvalue weighted by Crippen LogP contribution is -2.33. The number of methoxy groups -OCH3 is 1. The first-order valence-corrected chi connectivity index (χ1v) is 6.42. The smallest absolute Gasteiger partial charge is 0.320 e. The molecule has 1 aliphatic carbocycles. The zero-order chi connectivity index (χ0) is 13.8. The topological polar surface area (TPSA) is 81.8 Å². The number of hydrogen-bond donors (Lipinski definition) is 2. The number of rotatable bonds is 6. The molecule has 0 radical (unpaired) electrons. The van der Waals surface area contributed by atoms with Gasteiger partial charge in [0.05, 0.1) is 13.2 Å². The van der Waals surface area contributed by atoms with Crippen molar-refractivity contribution < 1.29 is 19.4 Å². The Morgan fingerprint density at radius 1 is 1.53 bits per heavy atom. The lowest BCUT2D eigenvalue weighted by Gasteiger charge is -2.28. The maximum atomic E-state index is 10.9. The molecule has 1 atom stereocenters. The fourth-order valence-electron chi connectivity index (χ4n) is 2.00. The molecule has 104 valence electrons. The van der Waals surface area contributed by atoms with E-state index in [1.54, 1.807) is 7.11 Å². The van der Waals surface area contributed by atoms with Crippen molar-refractivity contribution in [1.82, 2.24) is 0 Å². The van der Waals surface area contributed by atoms with Gasteiger partial charge in [0.15, 0.2) is 11.5 Å². The molecule has 1 fully saturated rings. The quantitative estimate of drug-likeness (QED) is 0.816. The second kappa shape index (κ2) is 5.93. The second-order valence-corrected chi connectivity index (χ2v) is 4.77. The molecule has 0 amide bonds. The van der Waals surface area contributed by atoms with Crippen molar-refractivity contribution in [2.24, 2.45) is 5.73 Å². The van der Waals surface area contributed by atoms with E-state index in [1.807, 2.05) is 18.2 Å². The summed E-state index contributed by atoms with van der Waals surface area (Å²) in [6.45, 7) is 0. The highest BCUT2D eigenvalue weighted by Crippen LogP contribution is 2.35. The lowest BCUT2D eigenvalue weighted by molar-refractivity contribution is -0.138. The van der Waals surface area contributed by atoms with Crippen molar-refractivity contribution in [2.75, 3.05) is 7.11 Å². The van der Waals surface area contributed by atoms with Gasteiger partial charge in [0.1, 0.15) is 6.04 Å². The predicted octanol–water partition coefficient (Wildman–Crippen LogP) is 1.58. The van der Waals surface area contributed by atoms with E-state index in [2.05, 4.69) is 0 Å². The Hall–Kier alpha value is -1.75. The fraction of sp³-hybridized carbons (Fsp3) is 0.500. The third-order valence-electron chi connectivity index (χ3n) is 3.37. The van der Waals surface area contributed by atoms with Crippen LogP contribution >= 0.6 is 0 Å². The molecule has 1 unspecified atom stereocenters. The van der Waals surface area contributed by atoms with Gasteiger partial charge in [0, 0.05) is 12.0 Å². The molecule has 0 aromatic heterocycles. The predicted molar refractivity (Wildman–Crippen MR) is 70.6 cm³/mol. The third-order valence-corrected chi connectivity index (χ3v) is 3.37. The molecule has 0 aliphatic heterocycles. The number of carbonyl (C=O) groups is 1. The van der Waals surface area contributed by atoms with Gasteiger partial charge in [-0.15, -0.1) is 0 Å². The summed E-state index contributed by atoms with van der Waals surface area (Å²) in [5, 5.41) is 8.90. The molecule has 2 rings (SSSR count). The SMILES string of the molecule is COc1cccc(CC(N)C(=O)O)c1OC1CCC1. The van der Waals surface area contributed by atoms with E-state index < -0.39 is 12.0 Å². The summed E-state index contributed by atoms with van der Waals surface area (Å²) in [6, 6.07) is 4.52. The van der Waals surface area contributed by atoms with Crippen LogP contribution in [0.3, 0.4) is 0 Å². The molecule has 0 spiro atoms. The maximum absolute atomic E-state index is 10.9. The van der Waals surface area contributed by atoms with Crippen LogP contribution in [-0.2, 0) is 11.2 Å². The number of hydrogen-bond acceptors (Lipinski definition) is 4. The minimum Gasteiger partial charge on any atom is -0.493 e. The van der Waals surface area contributed by atoms with E-state index in [4.69, 9.17) is 20.3 Å². The molecule has 1 aliphatic rings. The number of carboxylic acids is 1. The molecular formula is C14H19NO4. The third kappa shape index (κ3) is 3.17. The summed E-state index contributed by atoms with van der Waals surface area (Å²) in [4.78, 5) is 10.9. The number of carboxylic acid groups (broad SMARTS) is 1. The molecule has 19 heavy (non-hydrogen) atoms. The van der Waals surface area contributed by atoms with Crippen molar-refractivity contribution in [1.29, 1.82) is 0 Å². The molecule has 3 N–H and O–H groups in total. The Balaban J connectivity index is 2.22. The first kappa shape index (κ1) is 13.7. The average molecular weight is 265 g/mol. The number of aliphatic carboxylic acids is 1. The van der Waals surface area contributed by atoms with E-state index in [1.165, 1.54) is 6.42 Å². The van der Waals surface area contributed by atoms with Crippen molar-refractivity contribution in [3.63, 3.8) is 0 Å². The van der Waals surface area contributed by atoms with Crippen molar-refractivity contribution in [3.05, 3.63) is 23.8 Å². The van der Waals surface area contributed by atoms with Gasteiger partial charge in [-0.3, -0.25) is 4.79 Å². The molecule has 0 bridgehead atoms. The lowest BCUT2D eigenvalue weighted by atomic mass is 9.96. The molecule has 1 saturated carbocycles. The number of para-hydroxylation sites is 1. The fourth-order valence-corrected chi connectivity index (χ4v) is 2.00. The normalized spacial score (nSPS) is 16.5. The Labute approximate surface area is 112 Å². The highest BCUT2D eigenvalue weighted by molar-refractivity contribution is 5.73. The van der Waals surface area contributed by atoms with Crippen molar-refractivity contribution >= 4 is 5.97 Å². The van der Waals surface area contributed by atoms with Gasteiger partial charge in [0.2, 0.25) is 0 Å². The minimum absolute atomic E-state index is 0.205. The first-order chi connectivity index (χ1) is 9.11. The van der Waals surface area contributed by atoms with Gasteiger partial charge in [-0.05, 0) is 25.3 Å². The van der Waals surface area contributed by atoms with Crippen molar-refractivity contribution in [3.8, 4) is 11.5 Å². The zero-order valence-electron chi connectivity index (χ0n) is 11.0. The molecular weight excluding hydrogens is 246 g/mol. The second-order valence-electron chi connectivity index (χ2n) is 4.77. The summed E-state index contributed by atoms with van der Waals surface area (Å²) in [7, 11) is 1.57. The van der Waals surface area contributed by atoms with Gasteiger partial charge in [-0.2, -0.15) is 0 Å². The van der Waals surface area contributed by atoms with Gasteiger partial charge >= 0.3 is 5.97 Å². The monoisotopic (exact) mass is 265 g/mol. The van der Waals surface area contributed by atoms with E-state index in [9.17, 15) is 4.79 Å². The summed E-state index contributed by atoms with van der Waals surface area (Å²) in [6.07, 6.45) is 3.67. The van der Waals surface area contributed by atoms with Crippen LogP contribution in [0.1, 0.15) is 24.8 Å². The summed E-state index contributed by atoms with van der Waals surface area (Å²) in [5.41, 5.74) is 6.37. The molecule has 1 aromatic rings. The van der Waals surface area contributed by atoms with Gasteiger partial charge < -0.3 is 20.3 Å². The number of nitrogens with two attached hydrogens (primary N) is 1. The van der Waals surface area contributed by atoms with Crippen LogP contribution in [0.2, 0.25) is 0 Å². The van der Waals surface area contributed by atoms with Crippen LogP contribution < -0.4 is 15.2 Å². The summed E-state index contributed by atoms with van der Waals surface area (Å²) >= 11 is 0. The van der Waals surface area contributed by atoms with Crippen LogP contribution in [-0.4, -0.2) is 30.3 Å². The number of benzene rings is 1. The first-order valence-electron chi connectivity index (χ1n) is 6.42. The average Bonchev–Trinajstić information content (AvgIpc) is 2.34. The van der Waals surface area contributed by atoms with Crippen LogP contribution in [0.5, 0.6) is 11.5 Å². The van der Waals surface area contributed by atoms with E-state index in [0.29, 0.717) is 11.5 Å². The maximum Gasteiger partial charge on any atom is 0.320 e. The van der Waals surface area contributed by atoms with Gasteiger partial charge in [-0.1, -0.05) is 12.1 Å². The molecule has 0 saturated heterocycles. The molecule has 5 heteroatoms. The minimum atomic E-state index is -1.02. The van der Waals surface area contributed by atoms with Gasteiger partial charge in [-0.25, -0.2) is 0 Å². The van der Waals surface area contributed by atoms with Gasteiger partial charge in [0.25, 0.3) is 0 Å². The molecule has 1 aromatic carbocycles. The summed E-state index contributed by atoms with van der Waals surface area (Å²) < 4.78 is 11.2. The van der Waals surface area contributed by atoms with Crippen LogP contribution in [0.25, 0.3) is 0 Å². The zero-order valence-corrected chi connectivity index (χ0v) is 11.0. The van der Waals surface area contributed by atoms with E-state index >= 15 is 0 Å². The van der Waals surface area contributed by atoms with E-state index in [0.717, 1.165) is 18.4 Å². The Morgan fingerprint density at radius 2 is 2.26 bits per heavy atom. The van der Waals surface area contributed by atoms with Crippen LogP contribution in [0.4, 0.5) is 0 Å². The highest BCUT2D eigenvalue weighted by Gasteiger charge is 2.24. The highest BCUT2D eigenvalue weighted by atomic mass is 16.5. The van der Waals surface area contributed by atoms with E-state index in [-0.39, 0.29) is 12.5 Å². The van der Waals surface area contributed by atoms with Crippen LogP contribution in [0, 0.1) is 0 Å². The van der Waals surface area contributed by atoms with Crippen molar-refractivity contribution in [2.45, 2.75) is 37.8 Å². The Bertz CT molecular complexity index is 457. The molecule has 5 nitrogen and oxygen atoms in total.